The first-order valence-electron chi connectivity index (χ1n) is 13.0. The van der Waals surface area contributed by atoms with Crippen LogP contribution in [-0.4, -0.2) is 27.2 Å². The highest BCUT2D eigenvalue weighted by molar-refractivity contribution is 7.23. The monoisotopic (exact) mass is 566 g/mol. The maximum Gasteiger partial charge on any atom is 0.247 e. The number of benzene rings is 4. The molecule has 0 saturated heterocycles. The Morgan fingerprint density at radius 3 is 2.32 bits per heavy atom. The van der Waals surface area contributed by atoms with E-state index in [0.717, 1.165) is 45.5 Å². The van der Waals surface area contributed by atoms with Crippen molar-refractivity contribution in [1.29, 1.82) is 0 Å². The summed E-state index contributed by atoms with van der Waals surface area (Å²) in [7, 11) is 0. The molecule has 4 aromatic carbocycles. The Bertz CT molecular complexity index is 1850. The van der Waals surface area contributed by atoms with Gasteiger partial charge < -0.3 is 10.6 Å². The van der Waals surface area contributed by atoms with Crippen LogP contribution < -0.4 is 10.6 Å². The van der Waals surface area contributed by atoms with E-state index in [1.165, 1.54) is 4.70 Å². The summed E-state index contributed by atoms with van der Waals surface area (Å²) in [5.74, 6) is -2.46. The maximum absolute atomic E-state index is 13.6. The van der Waals surface area contributed by atoms with Crippen LogP contribution in [0.15, 0.2) is 103 Å². The lowest BCUT2D eigenvalue weighted by atomic mass is 10.0. The van der Waals surface area contributed by atoms with E-state index in [1.807, 2.05) is 60.8 Å². The number of rotatable bonds is 8. The molecule has 204 valence electrons. The van der Waals surface area contributed by atoms with Gasteiger partial charge in [0.05, 0.1) is 22.3 Å². The van der Waals surface area contributed by atoms with Gasteiger partial charge in [0.15, 0.2) is 4.96 Å². The summed E-state index contributed by atoms with van der Waals surface area (Å²) in [6, 6.07) is 26.8. The van der Waals surface area contributed by atoms with E-state index in [2.05, 4.69) is 27.2 Å². The number of thiazole rings is 1. The van der Waals surface area contributed by atoms with Crippen molar-refractivity contribution in [3.05, 3.63) is 126 Å². The number of nitrogens with zero attached hydrogens (tertiary/aromatic N) is 2. The van der Waals surface area contributed by atoms with E-state index in [1.54, 1.807) is 23.5 Å². The summed E-state index contributed by atoms with van der Waals surface area (Å²) in [5.41, 5.74) is 4.42. The highest BCUT2D eigenvalue weighted by atomic mass is 32.1. The predicted octanol–water partition coefficient (Wildman–Crippen LogP) is 6.40. The zero-order chi connectivity index (χ0) is 28.3. The van der Waals surface area contributed by atoms with Crippen LogP contribution in [0.3, 0.4) is 0 Å². The van der Waals surface area contributed by atoms with E-state index in [-0.39, 0.29) is 18.4 Å². The van der Waals surface area contributed by atoms with Crippen molar-refractivity contribution in [3.63, 3.8) is 0 Å². The summed E-state index contributed by atoms with van der Waals surface area (Å²) < 4.78 is 30.4. The number of fused-ring (bicyclic) bond motifs is 3. The third kappa shape index (κ3) is 6.00. The number of anilines is 1. The number of amides is 2. The number of carbonyl (C=O) groups excluding carboxylic acids is 2. The molecule has 0 aliphatic rings. The van der Waals surface area contributed by atoms with Crippen molar-refractivity contribution in [1.82, 2.24) is 14.7 Å². The van der Waals surface area contributed by atoms with Crippen molar-refractivity contribution >= 4 is 44.0 Å². The van der Waals surface area contributed by atoms with Gasteiger partial charge in [0, 0.05) is 29.9 Å². The fourth-order valence-corrected chi connectivity index (χ4v) is 5.75. The minimum absolute atomic E-state index is 0.182. The zero-order valence-corrected chi connectivity index (χ0v) is 22.5. The van der Waals surface area contributed by atoms with E-state index in [4.69, 9.17) is 4.98 Å². The van der Waals surface area contributed by atoms with Crippen molar-refractivity contribution in [2.45, 2.75) is 18.9 Å². The van der Waals surface area contributed by atoms with Gasteiger partial charge in [0.2, 0.25) is 11.8 Å². The fraction of sp³-hybridized carbons (Fsp3) is 0.0938. The minimum atomic E-state index is -0.906. The average Bonchev–Trinajstić information content (AvgIpc) is 3.51. The van der Waals surface area contributed by atoms with Crippen molar-refractivity contribution < 1.29 is 18.4 Å². The molecule has 0 saturated carbocycles. The molecule has 0 fully saturated rings. The smallest absolute Gasteiger partial charge is 0.247 e. The Hall–Kier alpha value is -4.89. The van der Waals surface area contributed by atoms with Crippen LogP contribution in [-0.2, 0) is 22.4 Å². The normalized spacial score (nSPS) is 12.0. The molecule has 0 bridgehead atoms. The molecule has 41 heavy (non-hydrogen) atoms. The van der Waals surface area contributed by atoms with Gasteiger partial charge in [-0.1, -0.05) is 65.9 Å². The lowest BCUT2D eigenvalue weighted by Crippen LogP contribution is -2.45. The molecule has 2 heterocycles. The van der Waals surface area contributed by atoms with E-state index in [9.17, 15) is 18.4 Å². The first-order valence-corrected chi connectivity index (χ1v) is 13.8. The number of halogens is 2. The Morgan fingerprint density at radius 2 is 1.56 bits per heavy atom. The van der Waals surface area contributed by atoms with Crippen molar-refractivity contribution in [3.8, 4) is 11.3 Å². The summed E-state index contributed by atoms with van der Waals surface area (Å²) in [6.07, 6.45) is 1.98. The second-order valence-corrected chi connectivity index (χ2v) is 10.7. The lowest BCUT2D eigenvalue weighted by molar-refractivity contribution is -0.126. The van der Waals surface area contributed by atoms with Gasteiger partial charge in [-0.25, -0.2) is 13.8 Å². The van der Waals surface area contributed by atoms with Crippen LogP contribution >= 0.6 is 11.3 Å². The second kappa shape index (κ2) is 11.3. The Labute approximate surface area is 238 Å². The van der Waals surface area contributed by atoms with Crippen LogP contribution in [0, 0.1) is 11.6 Å². The second-order valence-electron chi connectivity index (χ2n) is 9.68. The zero-order valence-electron chi connectivity index (χ0n) is 21.7. The molecule has 2 N–H and O–H groups in total. The lowest BCUT2D eigenvalue weighted by Gasteiger charge is -2.19. The number of hydrogen-bond donors (Lipinski definition) is 2. The molecule has 0 aliphatic heterocycles. The molecular formula is C32H24F2N4O2S. The highest BCUT2D eigenvalue weighted by Gasteiger charge is 2.22. The molecule has 2 aromatic heterocycles. The standard InChI is InChI=1S/C32H24F2N4O2S/c33-23-14-21(15-24(34)18-23)17-30(39)36-26(16-20-6-2-1-3-7-20)31(40)35-25-12-10-22(11-13-25)27-19-38-28-8-4-5-9-29(28)41-32(38)37-27/h1-15,18-19,26H,16-17H2,(H,35,40)(H,36,39)/t26-/m0/s1. The Morgan fingerprint density at radius 1 is 0.854 bits per heavy atom. The van der Waals surface area contributed by atoms with Crippen LogP contribution in [0.5, 0.6) is 0 Å². The SMILES string of the molecule is O=C(Cc1cc(F)cc(F)c1)N[C@@H](Cc1ccccc1)C(=O)Nc1ccc(-c2cn3c(n2)sc2ccccc23)cc1. The van der Waals surface area contributed by atoms with Crippen LogP contribution in [0.4, 0.5) is 14.5 Å². The molecule has 0 spiro atoms. The third-order valence-corrected chi connectivity index (χ3v) is 7.70. The van der Waals surface area contributed by atoms with E-state index >= 15 is 0 Å². The van der Waals surface area contributed by atoms with Gasteiger partial charge in [-0.05, 0) is 47.5 Å². The fourth-order valence-electron chi connectivity index (χ4n) is 4.74. The topological polar surface area (TPSA) is 75.5 Å². The largest absolute Gasteiger partial charge is 0.344 e. The summed E-state index contributed by atoms with van der Waals surface area (Å²) in [5, 5.41) is 5.61. The van der Waals surface area contributed by atoms with Gasteiger partial charge in [-0.2, -0.15) is 0 Å². The first kappa shape index (κ1) is 26.3. The molecule has 1 atom stereocenters. The third-order valence-electron chi connectivity index (χ3n) is 6.67. The molecule has 9 heteroatoms. The van der Waals surface area contributed by atoms with E-state index < -0.39 is 29.5 Å². The number of nitrogens with one attached hydrogen (secondary N) is 2. The molecular weight excluding hydrogens is 542 g/mol. The maximum atomic E-state index is 13.6. The number of hydrogen-bond acceptors (Lipinski definition) is 4. The molecule has 0 radical (unpaired) electrons. The van der Waals surface area contributed by atoms with Crippen LogP contribution in [0.2, 0.25) is 0 Å². The molecule has 6 aromatic rings. The van der Waals surface area contributed by atoms with Gasteiger partial charge >= 0.3 is 0 Å². The Kier molecular flexibility index (Phi) is 7.26. The van der Waals surface area contributed by atoms with Crippen molar-refractivity contribution in [2.75, 3.05) is 5.32 Å². The highest BCUT2D eigenvalue weighted by Crippen LogP contribution is 2.29. The quantitative estimate of drug-likeness (QED) is 0.224. The molecule has 6 nitrogen and oxygen atoms in total. The molecule has 6 rings (SSSR count). The van der Waals surface area contributed by atoms with Gasteiger partial charge in [-0.15, -0.1) is 0 Å². The molecule has 2 amide bonds. The number of imidazole rings is 1. The van der Waals surface area contributed by atoms with Gasteiger partial charge in [0.25, 0.3) is 0 Å². The summed E-state index contributed by atoms with van der Waals surface area (Å²) in [4.78, 5) is 31.8. The van der Waals surface area contributed by atoms with E-state index in [0.29, 0.717) is 5.69 Å². The molecule has 0 aliphatic carbocycles. The number of para-hydroxylation sites is 1. The Balaban J connectivity index is 1.17. The van der Waals surface area contributed by atoms with Gasteiger partial charge in [-0.3, -0.25) is 14.0 Å². The molecule has 0 unspecified atom stereocenters. The average molecular weight is 567 g/mol. The first-order chi connectivity index (χ1) is 19.9. The number of carbonyl (C=O) groups is 2. The van der Waals surface area contributed by atoms with Crippen LogP contribution in [0.25, 0.3) is 26.4 Å². The minimum Gasteiger partial charge on any atom is -0.344 e. The summed E-state index contributed by atoms with van der Waals surface area (Å²) >= 11 is 1.62. The number of aromatic nitrogens is 2. The predicted molar refractivity (Wildman–Crippen MR) is 157 cm³/mol. The van der Waals surface area contributed by atoms with Gasteiger partial charge in [0.1, 0.15) is 17.7 Å². The van der Waals surface area contributed by atoms with Crippen LogP contribution in [0.1, 0.15) is 11.1 Å². The summed E-state index contributed by atoms with van der Waals surface area (Å²) in [6.45, 7) is 0. The van der Waals surface area contributed by atoms with Crippen molar-refractivity contribution in [2.24, 2.45) is 0 Å².